The van der Waals surface area contributed by atoms with Crippen LogP contribution in [0.15, 0.2) is 60.7 Å². The molecule has 1 saturated carbocycles. The lowest BCUT2D eigenvalue weighted by Gasteiger charge is -2.13. The average molecular weight is 373 g/mol. The van der Waals surface area contributed by atoms with Gasteiger partial charge < -0.3 is 10.1 Å². The Morgan fingerprint density at radius 1 is 1.04 bits per heavy atom. The molecule has 1 aliphatic carbocycles. The molecule has 1 fully saturated rings. The van der Waals surface area contributed by atoms with Crippen LogP contribution in [0.25, 0.3) is 10.8 Å². The van der Waals surface area contributed by atoms with Crippen molar-refractivity contribution in [1.29, 1.82) is 0 Å². The number of hydrogen-bond acceptors (Lipinski definition) is 2. The molecule has 0 atom stereocenters. The third kappa shape index (κ3) is 4.92. The van der Waals surface area contributed by atoms with Gasteiger partial charge in [-0.25, -0.2) is 0 Å². The third-order valence-corrected chi connectivity index (χ3v) is 5.27. The second-order valence-corrected chi connectivity index (χ2v) is 7.79. The van der Waals surface area contributed by atoms with Gasteiger partial charge in [0.05, 0.1) is 6.61 Å². The fourth-order valence-electron chi connectivity index (χ4n) is 3.58. The number of amides is 1. The fraction of sp³-hybridized carbons (Fsp3) is 0.320. The van der Waals surface area contributed by atoms with Gasteiger partial charge in [-0.15, -0.1) is 0 Å². The molecule has 3 aromatic carbocycles. The molecule has 0 unspecified atom stereocenters. The molecule has 1 N–H and O–H groups in total. The third-order valence-electron chi connectivity index (χ3n) is 5.27. The lowest BCUT2D eigenvalue weighted by molar-refractivity contribution is -0.118. The van der Waals surface area contributed by atoms with E-state index in [0.29, 0.717) is 6.54 Å². The second kappa shape index (κ2) is 8.47. The Labute approximate surface area is 166 Å². The van der Waals surface area contributed by atoms with Crippen molar-refractivity contribution >= 4 is 16.7 Å². The van der Waals surface area contributed by atoms with Gasteiger partial charge in [-0.1, -0.05) is 48.5 Å². The summed E-state index contributed by atoms with van der Waals surface area (Å²) in [5.41, 5.74) is 3.86. The van der Waals surface area contributed by atoms with Crippen LogP contribution in [-0.4, -0.2) is 19.1 Å². The van der Waals surface area contributed by atoms with Crippen LogP contribution in [0.3, 0.4) is 0 Å². The summed E-state index contributed by atoms with van der Waals surface area (Å²) in [6, 6.07) is 21.5. The molecule has 0 bridgehead atoms. The normalized spacial score (nSPS) is 13.5. The number of rotatable bonds is 8. The zero-order chi connectivity index (χ0) is 19.3. The van der Waals surface area contributed by atoms with Crippen molar-refractivity contribution in [2.45, 2.75) is 32.6 Å². The monoisotopic (exact) mass is 373 g/mol. The molecule has 4 rings (SSSR count). The van der Waals surface area contributed by atoms with Gasteiger partial charge in [0.25, 0.3) is 0 Å². The number of carbonyl (C=O) groups is 1. The van der Waals surface area contributed by atoms with Gasteiger partial charge in [0, 0.05) is 13.5 Å². The molecular formula is C25H27NO2. The highest BCUT2D eigenvalue weighted by atomic mass is 16.5. The van der Waals surface area contributed by atoms with E-state index in [2.05, 4.69) is 59.9 Å². The van der Waals surface area contributed by atoms with Crippen LogP contribution in [-0.2, 0) is 17.6 Å². The highest BCUT2D eigenvalue weighted by Gasteiger charge is 2.22. The SMILES string of the molecule is CC(=O)NCCc1cc(Cc2ccccc2)cc2ccc(OCC3CC3)cc12. The summed E-state index contributed by atoms with van der Waals surface area (Å²) in [5, 5.41) is 5.37. The molecule has 1 aliphatic rings. The first kappa shape index (κ1) is 18.5. The van der Waals surface area contributed by atoms with Crippen molar-refractivity contribution in [2.24, 2.45) is 5.92 Å². The first-order valence-electron chi connectivity index (χ1n) is 10.1. The van der Waals surface area contributed by atoms with E-state index in [1.165, 1.54) is 40.3 Å². The number of carbonyl (C=O) groups excluding carboxylic acids is 1. The molecule has 144 valence electrons. The van der Waals surface area contributed by atoms with Gasteiger partial charge in [0.15, 0.2) is 0 Å². The minimum atomic E-state index is 0.0122. The summed E-state index contributed by atoms with van der Waals surface area (Å²) < 4.78 is 5.99. The van der Waals surface area contributed by atoms with Gasteiger partial charge in [-0.05, 0) is 71.2 Å². The first-order valence-corrected chi connectivity index (χ1v) is 10.1. The van der Waals surface area contributed by atoms with Crippen molar-refractivity contribution in [3.63, 3.8) is 0 Å². The molecular weight excluding hydrogens is 346 g/mol. The Morgan fingerprint density at radius 2 is 1.86 bits per heavy atom. The van der Waals surface area contributed by atoms with Crippen molar-refractivity contribution in [3.05, 3.63) is 77.4 Å². The van der Waals surface area contributed by atoms with E-state index in [-0.39, 0.29) is 5.91 Å². The summed E-state index contributed by atoms with van der Waals surface area (Å²) in [5.74, 6) is 1.69. The average Bonchev–Trinajstić information content (AvgIpc) is 3.51. The van der Waals surface area contributed by atoms with Crippen molar-refractivity contribution < 1.29 is 9.53 Å². The summed E-state index contributed by atoms with van der Waals surface area (Å²) in [7, 11) is 0. The molecule has 3 aromatic rings. The highest BCUT2D eigenvalue weighted by molar-refractivity contribution is 5.88. The summed E-state index contributed by atoms with van der Waals surface area (Å²) in [4.78, 5) is 11.3. The largest absolute Gasteiger partial charge is 0.493 e. The van der Waals surface area contributed by atoms with Gasteiger partial charge in [-0.3, -0.25) is 4.79 Å². The summed E-state index contributed by atoms with van der Waals surface area (Å²) in [6.45, 7) is 3.03. The fourth-order valence-corrected chi connectivity index (χ4v) is 3.58. The van der Waals surface area contributed by atoms with E-state index in [1.807, 2.05) is 6.07 Å². The summed E-state index contributed by atoms with van der Waals surface area (Å²) >= 11 is 0. The van der Waals surface area contributed by atoms with Crippen LogP contribution < -0.4 is 10.1 Å². The van der Waals surface area contributed by atoms with E-state index in [1.54, 1.807) is 6.92 Å². The number of ether oxygens (including phenoxy) is 1. The predicted octanol–water partition coefficient (Wildman–Crippen LogP) is 4.90. The molecule has 0 aliphatic heterocycles. The molecule has 0 heterocycles. The highest BCUT2D eigenvalue weighted by Crippen LogP contribution is 2.31. The summed E-state index contributed by atoms with van der Waals surface area (Å²) in [6.07, 6.45) is 4.30. The second-order valence-electron chi connectivity index (χ2n) is 7.79. The number of benzene rings is 3. The van der Waals surface area contributed by atoms with E-state index in [9.17, 15) is 4.79 Å². The van der Waals surface area contributed by atoms with Gasteiger partial charge in [0.1, 0.15) is 5.75 Å². The maximum atomic E-state index is 11.3. The maximum absolute atomic E-state index is 11.3. The van der Waals surface area contributed by atoms with Crippen LogP contribution in [0.2, 0.25) is 0 Å². The van der Waals surface area contributed by atoms with E-state index in [0.717, 1.165) is 31.1 Å². The zero-order valence-corrected chi connectivity index (χ0v) is 16.4. The first-order chi connectivity index (χ1) is 13.7. The zero-order valence-electron chi connectivity index (χ0n) is 16.4. The molecule has 28 heavy (non-hydrogen) atoms. The standard InChI is InChI=1S/C25H27NO2/c1-18(27)26-12-11-23-15-21(13-19-5-3-2-4-6-19)14-22-9-10-24(16-25(22)23)28-17-20-7-8-20/h2-6,9-10,14-16,20H,7-8,11-13,17H2,1H3,(H,26,27). The van der Waals surface area contributed by atoms with Crippen molar-refractivity contribution in [1.82, 2.24) is 5.32 Å². The minimum absolute atomic E-state index is 0.0122. The van der Waals surface area contributed by atoms with E-state index in [4.69, 9.17) is 4.74 Å². The smallest absolute Gasteiger partial charge is 0.216 e. The maximum Gasteiger partial charge on any atom is 0.216 e. The lowest BCUT2D eigenvalue weighted by Crippen LogP contribution is -2.22. The lowest BCUT2D eigenvalue weighted by atomic mass is 9.95. The predicted molar refractivity (Wildman–Crippen MR) is 114 cm³/mol. The van der Waals surface area contributed by atoms with Crippen LogP contribution in [0.5, 0.6) is 5.75 Å². The topological polar surface area (TPSA) is 38.3 Å². The van der Waals surface area contributed by atoms with Crippen LogP contribution in [0.1, 0.15) is 36.5 Å². The Balaban J connectivity index is 1.62. The Kier molecular flexibility index (Phi) is 5.61. The Morgan fingerprint density at radius 3 is 2.61 bits per heavy atom. The Hall–Kier alpha value is -2.81. The molecule has 0 saturated heterocycles. The molecule has 1 amide bonds. The Bertz CT molecular complexity index is 961. The van der Waals surface area contributed by atoms with E-state index >= 15 is 0 Å². The number of hydrogen-bond donors (Lipinski definition) is 1. The molecule has 0 radical (unpaired) electrons. The van der Waals surface area contributed by atoms with Gasteiger partial charge in [-0.2, -0.15) is 0 Å². The van der Waals surface area contributed by atoms with Crippen molar-refractivity contribution in [3.8, 4) is 5.75 Å². The minimum Gasteiger partial charge on any atom is -0.493 e. The van der Waals surface area contributed by atoms with Crippen LogP contribution >= 0.6 is 0 Å². The van der Waals surface area contributed by atoms with E-state index < -0.39 is 0 Å². The van der Waals surface area contributed by atoms with Crippen LogP contribution in [0.4, 0.5) is 0 Å². The quantitative estimate of drug-likeness (QED) is 0.610. The van der Waals surface area contributed by atoms with Crippen molar-refractivity contribution in [2.75, 3.05) is 13.2 Å². The van der Waals surface area contributed by atoms with Gasteiger partial charge in [0.2, 0.25) is 5.91 Å². The van der Waals surface area contributed by atoms with Gasteiger partial charge >= 0.3 is 0 Å². The molecule has 3 heteroatoms. The molecule has 0 aromatic heterocycles. The molecule has 3 nitrogen and oxygen atoms in total. The number of nitrogens with one attached hydrogen (secondary N) is 1. The molecule has 0 spiro atoms. The number of fused-ring (bicyclic) bond motifs is 1. The van der Waals surface area contributed by atoms with Crippen LogP contribution in [0, 0.1) is 5.92 Å².